The number of fused-ring (bicyclic) bond motifs is 3. The van der Waals surface area contributed by atoms with Crippen molar-refractivity contribution < 1.29 is 0 Å². The Bertz CT molecular complexity index is 613. The van der Waals surface area contributed by atoms with Gasteiger partial charge in [-0.25, -0.2) is 0 Å². The van der Waals surface area contributed by atoms with Crippen molar-refractivity contribution >= 4 is 22.4 Å². The van der Waals surface area contributed by atoms with Gasteiger partial charge in [0, 0.05) is 5.69 Å². The van der Waals surface area contributed by atoms with Gasteiger partial charge in [-0.2, -0.15) is 0 Å². The smallest absolute Gasteiger partial charge is 0.179 e. The van der Waals surface area contributed by atoms with E-state index in [-0.39, 0.29) is 0 Å². The van der Waals surface area contributed by atoms with E-state index in [1.165, 1.54) is 0 Å². The normalized spacial score (nSPS) is 11.1. The molecule has 2 N–H and O–H groups in total. The highest BCUT2D eigenvalue weighted by atomic mass is 15.2. The van der Waals surface area contributed by atoms with Gasteiger partial charge >= 0.3 is 0 Å². The fourth-order valence-electron chi connectivity index (χ4n) is 1.49. The molecule has 3 aromatic rings. The average molecular weight is 185 g/mol. The monoisotopic (exact) mass is 185 g/mol. The van der Waals surface area contributed by atoms with Crippen LogP contribution in [0.3, 0.4) is 0 Å². The van der Waals surface area contributed by atoms with Gasteiger partial charge in [0.2, 0.25) is 0 Å². The molecule has 68 valence electrons. The van der Waals surface area contributed by atoms with Crippen molar-refractivity contribution in [2.45, 2.75) is 0 Å². The molecule has 2 aromatic heterocycles. The van der Waals surface area contributed by atoms with Crippen LogP contribution in [0.5, 0.6) is 0 Å². The number of nitrogens with two attached hydrogens (primary N) is 1. The summed E-state index contributed by atoms with van der Waals surface area (Å²) in [6.07, 6.45) is 3.34. The lowest BCUT2D eigenvalue weighted by atomic mass is 10.2. The van der Waals surface area contributed by atoms with Crippen LogP contribution in [0.2, 0.25) is 0 Å². The molecule has 0 aliphatic carbocycles. The lowest BCUT2D eigenvalue weighted by molar-refractivity contribution is 1.11. The zero-order chi connectivity index (χ0) is 9.54. The predicted molar refractivity (Wildman–Crippen MR) is 52.7 cm³/mol. The molecule has 1 aromatic carbocycles. The summed E-state index contributed by atoms with van der Waals surface area (Å²) < 4.78 is 1.86. The third kappa shape index (κ3) is 0.861. The first-order valence-electron chi connectivity index (χ1n) is 4.18. The van der Waals surface area contributed by atoms with Gasteiger partial charge in [0.1, 0.15) is 6.33 Å². The maximum atomic E-state index is 5.70. The molecule has 0 atom stereocenters. The van der Waals surface area contributed by atoms with E-state index in [4.69, 9.17) is 5.73 Å². The molecular formula is C9H7N5. The van der Waals surface area contributed by atoms with Crippen molar-refractivity contribution in [3.05, 3.63) is 30.7 Å². The standard InChI is InChI=1S/C9H7N5/c10-6-1-2-7-8(3-6)14-5-12-13-9(14)4-11-7/h1-5H,10H2. The van der Waals surface area contributed by atoms with Crippen LogP contribution in [0.15, 0.2) is 30.7 Å². The van der Waals surface area contributed by atoms with Crippen molar-refractivity contribution in [2.75, 3.05) is 5.73 Å². The maximum Gasteiger partial charge on any atom is 0.179 e. The summed E-state index contributed by atoms with van der Waals surface area (Å²) in [6.45, 7) is 0. The molecule has 0 saturated heterocycles. The molecule has 0 amide bonds. The van der Waals surface area contributed by atoms with Crippen LogP contribution in [-0.2, 0) is 0 Å². The molecule has 0 unspecified atom stereocenters. The summed E-state index contributed by atoms with van der Waals surface area (Å²) >= 11 is 0. The molecule has 0 spiro atoms. The van der Waals surface area contributed by atoms with E-state index in [2.05, 4.69) is 15.2 Å². The highest BCUT2D eigenvalue weighted by Crippen LogP contribution is 2.15. The Balaban J connectivity index is 2.60. The van der Waals surface area contributed by atoms with Gasteiger partial charge in [-0.1, -0.05) is 0 Å². The molecule has 14 heavy (non-hydrogen) atoms. The number of nitrogens with zero attached hydrogens (tertiary/aromatic N) is 4. The Labute approximate surface area is 79.2 Å². The minimum absolute atomic E-state index is 0.709. The first-order chi connectivity index (χ1) is 6.84. The number of benzene rings is 1. The second-order valence-corrected chi connectivity index (χ2v) is 3.07. The van der Waals surface area contributed by atoms with Gasteiger partial charge in [0.25, 0.3) is 0 Å². The number of anilines is 1. The first kappa shape index (κ1) is 7.25. The molecule has 0 aliphatic heterocycles. The van der Waals surface area contributed by atoms with Crippen LogP contribution < -0.4 is 5.73 Å². The molecule has 0 bridgehead atoms. The van der Waals surface area contributed by atoms with Crippen molar-refractivity contribution in [1.82, 2.24) is 19.6 Å². The molecule has 0 aliphatic rings. The SMILES string of the molecule is Nc1ccc2ncc3nncn3c2c1. The van der Waals surface area contributed by atoms with Gasteiger partial charge in [0.05, 0.1) is 17.2 Å². The summed E-state index contributed by atoms with van der Waals surface area (Å²) in [5, 5.41) is 7.72. The quantitative estimate of drug-likeness (QED) is 0.527. The van der Waals surface area contributed by atoms with Crippen LogP contribution >= 0.6 is 0 Å². The molecule has 5 heteroatoms. The van der Waals surface area contributed by atoms with Crippen LogP contribution in [0.4, 0.5) is 5.69 Å². The Morgan fingerprint density at radius 3 is 3.14 bits per heavy atom. The van der Waals surface area contributed by atoms with Gasteiger partial charge in [-0.15, -0.1) is 10.2 Å². The fraction of sp³-hybridized carbons (Fsp3) is 0. The highest BCUT2D eigenvalue weighted by Gasteiger charge is 2.01. The van der Waals surface area contributed by atoms with Gasteiger partial charge < -0.3 is 5.73 Å². The number of rotatable bonds is 0. The largest absolute Gasteiger partial charge is 0.399 e. The van der Waals surface area contributed by atoms with Crippen LogP contribution in [-0.4, -0.2) is 19.6 Å². The zero-order valence-electron chi connectivity index (χ0n) is 7.25. The van der Waals surface area contributed by atoms with Gasteiger partial charge in [-0.3, -0.25) is 9.38 Å². The maximum absolute atomic E-state index is 5.70. The Morgan fingerprint density at radius 1 is 1.29 bits per heavy atom. The second-order valence-electron chi connectivity index (χ2n) is 3.07. The van der Waals surface area contributed by atoms with Crippen molar-refractivity contribution in [1.29, 1.82) is 0 Å². The van der Waals surface area contributed by atoms with E-state index < -0.39 is 0 Å². The van der Waals surface area contributed by atoms with E-state index in [1.54, 1.807) is 12.5 Å². The first-order valence-corrected chi connectivity index (χ1v) is 4.18. The third-order valence-electron chi connectivity index (χ3n) is 2.15. The van der Waals surface area contributed by atoms with Crippen LogP contribution in [0, 0.1) is 0 Å². The van der Waals surface area contributed by atoms with Crippen molar-refractivity contribution in [3.63, 3.8) is 0 Å². The number of nitrogen functional groups attached to an aromatic ring is 1. The summed E-state index contributed by atoms with van der Waals surface area (Å²) in [5.41, 5.74) is 8.94. The molecular weight excluding hydrogens is 178 g/mol. The molecule has 0 radical (unpaired) electrons. The highest BCUT2D eigenvalue weighted by molar-refractivity contribution is 5.80. The van der Waals surface area contributed by atoms with E-state index in [0.29, 0.717) is 5.69 Å². The topological polar surface area (TPSA) is 69.1 Å². The summed E-state index contributed by atoms with van der Waals surface area (Å²) in [6, 6.07) is 5.56. The minimum Gasteiger partial charge on any atom is -0.399 e. The van der Waals surface area contributed by atoms with Crippen LogP contribution in [0.1, 0.15) is 0 Å². The lowest BCUT2D eigenvalue weighted by Crippen LogP contribution is -1.92. The van der Waals surface area contributed by atoms with E-state index in [0.717, 1.165) is 16.7 Å². The molecule has 0 saturated carbocycles. The Morgan fingerprint density at radius 2 is 2.21 bits per heavy atom. The molecule has 0 fully saturated rings. The Hall–Kier alpha value is -2.17. The van der Waals surface area contributed by atoms with Gasteiger partial charge in [0.15, 0.2) is 5.65 Å². The predicted octanol–water partition coefficient (Wildman–Crippen LogP) is 0.860. The average Bonchev–Trinajstić information content (AvgIpc) is 2.65. The summed E-state index contributed by atoms with van der Waals surface area (Å²) in [7, 11) is 0. The Kier molecular flexibility index (Phi) is 1.25. The van der Waals surface area contributed by atoms with Crippen LogP contribution in [0.25, 0.3) is 16.7 Å². The fourth-order valence-corrected chi connectivity index (χ4v) is 1.49. The molecule has 5 nitrogen and oxygen atoms in total. The van der Waals surface area contributed by atoms with E-state index >= 15 is 0 Å². The molecule has 3 rings (SSSR count). The number of hydrogen-bond donors (Lipinski definition) is 1. The second kappa shape index (κ2) is 2.41. The van der Waals surface area contributed by atoms with E-state index in [1.807, 2.05) is 22.6 Å². The summed E-state index contributed by atoms with van der Waals surface area (Å²) in [4.78, 5) is 4.24. The van der Waals surface area contributed by atoms with Crippen molar-refractivity contribution in [2.24, 2.45) is 0 Å². The lowest BCUT2D eigenvalue weighted by Gasteiger charge is -2.00. The minimum atomic E-state index is 0.709. The summed E-state index contributed by atoms with van der Waals surface area (Å²) in [5.74, 6) is 0. The van der Waals surface area contributed by atoms with Gasteiger partial charge in [-0.05, 0) is 18.2 Å². The molecule has 2 heterocycles. The van der Waals surface area contributed by atoms with Crippen molar-refractivity contribution in [3.8, 4) is 0 Å². The number of aromatic nitrogens is 4. The third-order valence-corrected chi connectivity index (χ3v) is 2.15. The van der Waals surface area contributed by atoms with E-state index in [9.17, 15) is 0 Å². The number of hydrogen-bond acceptors (Lipinski definition) is 4. The zero-order valence-corrected chi connectivity index (χ0v) is 7.25.